The molecule has 68 heavy (non-hydrogen) atoms. The first-order valence-corrected chi connectivity index (χ1v) is 21.9. The maximum absolute atomic E-state index is 15.5. The fourth-order valence-corrected chi connectivity index (χ4v) is 10.2. The van der Waals surface area contributed by atoms with E-state index in [-0.39, 0.29) is 35.3 Å². The number of aliphatic hydroxyl groups is 3. The molecule has 11 atom stereocenters. The molecule has 4 aliphatic rings. The molecule has 1 aliphatic heterocycles. The SMILES string of the molecule is CC(=O)C(=O)O.CC(=O)O[C@H]1C(=O)[C@@]2(C)[C@H]([C@H](OC(=O)c3ccccc3)[C@]3(O)C[C@H](OC(=O)[C@H](O)[C@@H](NC(=O)c4ccccc4)c4ccccc4)C(C)=C1C3(C)C)[C@]1(OC(C)=O)CO[C@@H]1C[C@@H]2O. The average molecular weight is 942 g/mol. The second-order valence-electron chi connectivity index (χ2n) is 18.2. The molecule has 2 bridgehead atoms. The van der Waals surface area contributed by atoms with Gasteiger partial charge in [0.15, 0.2) is 23.6 Å². The largest absolute Gasteiger partial charge is 0.476 e. The number of aliphatic carboxylic acids is 1. The van der Waals surface area contributed by atoms with Gasteiger partial charge in [0.25, 0.3) is 5.91 Å². The quantitative estimate of drug-likeness (QED) is 0.0797. The van der Waals surface area contributed by atoms with Gasteiger partial charge >= 0.3 is 29.8 Å². The molecule has 3 aliphatic carbocycles. The number of hydrogen-bond acceptors (Lipinski definition) is 16. The summed E-state index contributed by atoms with van der Waals surface area (Å²) in [5.41, 5.74) is -7.02. The molecule has 18 nitrogen and oxygen atoms in total. The van der Waals surface area contributed by atoms with Crippen LogP contribution >= 0.6 is 0 Å². The van der Waals surface area contributed by atoms with Crippen LogP contribution in [-0.4, -0.2) is 122 Å². The Morgan fingerprint density at radius 3 is 1.84 bits per heavy atom. The molecule has 1 heterocycles. The van der Waals surface area contributed by atoms with Gasteiger partial charge in [-0.15, -0.1) is 0 Å². The monoisotopic (exact) mass is 941 g/mol. The summed E-state index contributed by atoms with van der Waals surface area (Å²) >= 11 is 0. The van der Waals surface area contributed by atoms with E-state index in [0.29, 0.717) is 5.56 Å². The fourth-order valence-electron chi connectivity index (χ4n) is 10.2. The van der Waals surface area contributed by atoms with Gasteiger partial charge < -0.3 is 49.4 Å². The minimum Gasteiger partial charge on any atom is -0.476 e. The molecule has 2 saturated carbocycles. The summed E-state index contributed by atoms with van der Waals surface area (Å²) in [7, 11) is 0. The third-order valence-corrected chi connectivity index (χ3v) is 13.8. The zero-order chi connectivity index (χ0) is 50.1. The lowest BCUT2D eigenvalue weighted by molar-refractivity contribution is -0.346. The van der Waals surface area contributed by atoms with E-state index in [4.69, 9.17) is 28.8 Å². The Kier molecular flexibility index (Phi) is 14.6. The lowest BCUT2D eigenvalue weighted by Gasteiger charge is -2.67. The highest BCUT2D eigenvalue weighted by Crippen LogP contribution is 2.64. The Labute approximate surface area is 391 Å². The Morgan fingerprint density at radius 2 is 1.34 bits per heavy atom. The van der Waals surface area contributed by atoms with Gasteiger partial charge in [-0.25, -0.2) is 14.4 Å². The summed E-state index contributed by atoms with van der Waals surface area (Å²) in [6, 6.07) is 22.9. The minimum absolute atomic E-state index is 0.00289. The number of Topliss-reactive ketones (excluding diaryl/α,β-unsaturated/α-hetero) is 2. The maximum Gasteiger partial charge on any atom is 0.371 e. The second kappa shape index (κ2) is 19.6. The van der Waals surface area contributed by atoms with Crippen LogP contribution in [0.1, 0.15) is 93.6 Å². The van der Waals surface area contributed by atoms with Crippen LogP contribution in [0.3, 0.4) is 0 Å². The van der Waals surface area contributed by atoms with Crippen molar-refractivity contribution in [1.29, 1.82) is 0 Å². The van der Waals surface area contributed by atoms with Crippen LogP contribution in [0, 0.1) is 16.7 Å². The standard InChI is InChI=1S/C47H51NO14.C3H4O3/c1-25-31(60-43(56)36(52)35(28-16-10-7-11-17-28)48-41(54)29-18-12-8-13-19-29)23-47(57)40(61-42(55)30-20-14-9-15-21-30)38-45(6,32(51)22-33-46(38,24-58-33)62-27(3)50)39(53)37(59-26(2)49)34(25)44(47,4)5;1-2(4)3(5)6/h7-21,31-33,35-38,40,51-52,57H,22-24H2,1-6H3,(H,48,54);1H3,(H,5,6)/t31-,32-,33+,35-,36+,37+,38-,40-,45+,46-,47+;/m0./s1. The van der Waals surface area contributed by atoms with Gasteiger partial charge in [-0.1, -0.05) is 80.6 Å². The van der Waals surface area contributed by atoms with E-state index in [1.54, 1.807) is 92.7 Å². The molecule has 5 N–H and O–H groups in total. The van der Waals surface area contributed by atoms with Gasteiger partial charge in [-0.3, -0.25) is 24.0 Å². The van der Waals surface area contributed by atoms with Crippen molar-refractivity contribution in [1.82, 2.24) is 5.32 Å². The number of amides is 1. The number of hydrogen-bond donors (Lipinski definition) is 5. The number of carbonyl (C=O) groups is 8. The molecule has 1 amide bonds. The lowest BCUT2D eigenvalue weighted by Crippen LogP contribution is -2.82. The van der Waals surface area contributed by atoms with Crippen molar-refractivity contribution in [3.05, 3.63) is 119 Å². The van der Waals surface area contributed by atoms with Gasteiger partial charge in [0.05, 0.1) is 35.6 Å². The molecule has 1 saturated heterocycles. The molecule has 0 aromatic heterocycles. The van der Waals surface area contributed by atoms with Crippen LogP contribution in [0.15, 0.2) is 102 Å². The van der Waals surface area contributed by atoms with E-state index in [1.165, 1.54) is 26.0 Å². The summed E-state index contributed by atoms with van der Waals surface area (Å²) in [4.78, 5) is 102. The van der Waals surface area contributed by atoms with Gasteiger partial charge in [0.2, 0.25) is 5.78 Å². The van der Waals surface area contributed by atoms with Crippen molar-refractivity contribution in [3.63, 3.8) is 0 Å². The Bertz CT molecular complexity index is 2480. The lowest BCUT2D eigenvalue weighted by atomic mass is 9.44. The van der Waals surface area contributed by atoms with Crippen LogP contribution in [0.5, 0.6) is 0 Å². The molecule has 362 valence electrons. The third kappa shape index (κ3) is 9.20. The van der Waals surface area contributed by atoms with Crippen molar-refractivity contribution in [2.45, 2.75) is 115 Å². The van der Waals surface area contributed by atoms with Crippen molar-refractivity contribution >= 4 is 47.3 Å². The molecule has 0 spiro atoms. The number of ether oxygens (including phenoxy) is 5. The number of aliphatic hydroxyl groups excluding tert-OH is 2. The van der Waals surface area contributed by atoms with Crippen LogP contribution in [0.2, 0.25) is 0 Å². The van der Waals surface area contributed by atoms with Gasteiger partial charge in [-0.05, 0) is 54.8 Å². The molecule has 7 rings (SSSR count). The molecular weight excluding hydrogens is 887 g/mol. The number of carbonyl (C=O) groups excluding carboxylic acids is 7. The predicted octanol–water partition coefficient (Wildman–Crippen LogP) is 3.40. The first kappa shape index (κ1) is 50.8. The third-order valence-electron chi connectivity index (χ3n) is 13.8. The van der Waals surface area contributed by atoms with Crippen LogP contribution in [0.25, 0.3) is 0 Å². The van der Waals surface area contributed by atoms with Crippen molar-refractivity contribution in [2.24, 2.45) is 16.7 Å². The smallest absolute Gasteiger partial charge is 0.371 e. The number of benzene rings is 3. The van der Waals surface area contributed by atoms with Crippen LogP contribution in [0.4, 0.5) is 0 Å². The number of carboxylic acid groups (broad SMARTS) is 1. The molecule has 3 aromatic rings. The van der Waals surface area contributed by atoms with E-state index in [0.717, 1.165) is 20.8 Å². The topological polar surface area (TPSA) is 276 Å². The Balaban J connectivity index is 0.00000119. The number of rotatable bonds is 11. The highest BCUT2D eigenvalue weighted by atomic mass is 16.6. The predicted molar refractivity (Wildman–Crippen MR) is 236 cm³/mol. The Morgan fingerprint density at radius 1 is 0.794 bits per heavy atom. The molecule has 3 aromatic carbocycles. The van der Waals surface area contributed by atoms with E-state index in [1.807, 2.05) is 0 Å². The summed E-state index contributed by atoms with van der Waals surface area (Å²) in [6.45, 7) is 8.98. The van der Waals surface area contributed by atoms with Crippen molar-refractivity contribution in [2.75, 3.05) is 6.61 Å². The normalized spacial score (nSPS) is 29.7. The van der Waals surface area contributed by atoms with Gasteiger partial charge in [0, 0.05) is 44.6 Å². The summed E-state index contributed by atoms with van der Waals surface area (Å²) < 4.78 is 30.3. The number of esters is 4. The molecule has 3 fully saturated rings. The second-order valence-corrected chi connectivity index (χ2v) is 18.2. The fraction of sp³-hybridized carbons (Fsp3) is 0.440. The highest BCUT2D eigenvalue weighted by molar-refractivity contribution is 6.31. The summed E-state index contributed by atoms with van der Waals surface area (Å²) in [5, 5.41) is 47.9. The minimum atomic E-state index is -2.39. The summed E-state index contributed by atoms with van der Waals surface area (Å²) in [6.07, 6.45) is -10.5. The molecule has 0 unspecified atom stereocenters. The number of ketones is 2. The van der Waals surface area contributed by atoms with Gasteiger partial charge in [0.1, 0.15) is 23.9 Å². The van der Waals surface area contributed by atoms with E-state index < -0.39 is 124 Å². The van der Waals surface area contributed by atoms with Gasteiger partial charge in [-0.2, -0.15) is 0 Å². The molecular formula is C50H55NO17. The molecule has 18 heteroatoms. The highest BCUT2D eigenvalue weighted by Gasteiger charge is 2.78. The first-order valence-electron chi connectivity index (χ1n) is 21.9. The average Bonchev–Trinajstić information content (AvgIpc) is 3.29. The van der Waals surface area contributed by atoms with E-state index in [2.05, 4.69) is 5.32 Å². The van der Waals surface area contributed by atoms with Crippen LogP contribution < -0.4 is 5.32 Å². The first-order chi connectivity index (χ1) is 31.9. The van der Waals surface area contributed by atoms with Crippen LogP contribution in [-0.2, 0) is 52.5 Å². The summed E-state index contributed by atoms with van der Waals surface area (Å²) in [5.74, 6) is -9.04. The zero-order valence-electron chi connectivity index (χ0n) is 38.5. The van der Waals surface area contributed by atoms with Crippen molar-refractivity contribution in [3.8, 4) is 0 Å². The number of carboxylic acids is 1. The zero-order valence-corrected chi connectivity index (χ0v) is 38.5. The van der Waals surface area contributed by atoms with Crippen molar-refractivity contribution < 1.29 is 82.5 Å². The number of nitrogens with one attached hydrogen (secondary N) is 1. The molecule has 0 radical (unpaired) electrons. The Hall–Kier alpha value is -6.60. The van der Waals surface area contributed by atoms with E-state index >= 15 is 4.79 Å². The maximum atomic E-state index is 15.5. The number of fused-ring (bicyclic) bond motifs is 5. The van der Waals surface area contributed by atoms with E-state index in [9.17, 15) is 48.9 Å².